The number of rotatable bonds is 1. The van der Waals surface area contributed by atoms with Crippen LogP contribution in [-0.2, 0) is 4.74 Å². The minimum atomic E-state index is -0.477. The Morgan fingerprint density at radius 1 is 1.83 bits per heavy atom. The Kier molecular flexibility index (Phi) is 2.93. The summed E-state index contributed by atoms with van der Waals surface area (Å²) in [6.07, 6.45) is 1.45. The van der Waals surface area contributed by atoms with E-state index in [0.717, 1.165) is 0 Å². The first-order valence-corrected chi connectivity index (χ1v) is 4.18. The van der Waals surface area contributed by atoms with Crippen LogP contribution in [0.3, 0.4) is 0 Å². The van der Waals surface area contributed by atoms with Gasteiger partial charge in [-0.25, -0.2) is 9.78 Å². The second-order valence-electron chi connectivity index (χ2n) is 1.90. The van der Waals surface area contributed by atoms with Gasteiger partial charge >= 0.3 is 5.97 Å². The maximum atomic E-state index is 11.0. The Labute approximate surface area is 82.1 Å². The maximum absolute atomic E-state index is 11.0. The van der Waals surface area contributed by atoms with Gasteiger partial charge in [0.15, 0.2) is 4.77 Å². The highest BCUT2D eigenvalue weighted by Crippen LogP contribution is 2.12. The Hall–Kier alpha value is -0.750. The first-order valence-electron chi connectivity index (χ1n) is 2.98. The average Bonchev–Trinajstić information content (AvgIpc) is 2.08. The number of aromatic amines is 1. The first kappa shape index (κ1) is 9.34. The lowest BCUT2D eigenvalue weighted by molar-refractivity contribution is 0.0592. The van der Waals surface area contributed by atoms with Gasteiger partial charge in [0.1, 0.15) is 5.69 Å². The number of nitrogens with zero attached hydrogens (tertiary/aromatic N) is 1. The number of hydrogen-bond donors (Lipinski definition) is 1. The molecule has 4 nitrogen and oxygen atoms in total. The van der Waals surface area contributed by atoms with Gasteiger partial charge in [-0.1, -0.05) is 0 Å². The van der Waals surface area contributed by atoms with Gasteiger partial charge in [0, 0.05) is 6.20 Å². The quantitative estimate of drug-likeness (QED) is 0.607. The molecule has 0 radical (unpaired) electrons. The number of halogens is 1. The zero-order valence-electron chi connectivity index (χ0n) is 6.13. The maximum Gasteiger partial charge on any atom is 0.355 e. The highest BCUT2D eigenvalue weighted by Gasteiger charge is 2.09. The van der Waals surface area contributed by atoms with Gasteiger partial charge in [-0.2, -0.15) is 0 Å². The third kappa shape index (κ3) is 1.89. The van der Waals surface area contributed by atoms with E-state index in [1.165, 1.54) is 13.3 Å². The van der Waals surface area contributed by atoms with Crippen LogP contribution in [0.1, 0.15) is 10.5 Å². The molecule has 12 heavy (non-hydrogen) atoms. The van der Waals surface area contributed by atoms with E-state index in [-0.39, 0.29) is 10.5 Å². The Balaban J connectivity index is 3.22. The molecule has 1 rings (SSSR count). The molecule has 0 atom stereocenters. The van der Waals surface area contributed by atoms with Gasteiger partial charge < -0.3 is 9.72 Å². The van der Waals surface area contributed by atoms with E-state index in [4.69, 9.17) is 12.2 Å². The number of H-pyrrole nitrogens is 1. The molecule has 0 saturated heterocycles. The summed E-state index contributed by atoms with van der Waals surface area (Å²) in [5.41, 5.74) is 0.275. The van der Waals surface area contributed by atoms with Crippen molar-refractivity contribution < 1.29 is 9.53 Å². The molecule has 0 amide bonds. The number of ether oxygens (including phenoxy) is 1. The van der Waals surface area contributed by atoms with Crippen molar-refractivity contribution in [1.82, 2.24) is 9.97 Å². The van der Waals surface area contributed by atoms with E-state index in [9.17, 15) is 4.79 Å². The van der Waals surface area contributed by atoms with Crippen molar-refractivity contribution in [1.29, 1.82) is 0 Å². The predicted molar refractivity (Wildman–Crippen MR) is 48.5 cm³/mol. The van der Waals surface area contributed by atoms with Crippen molar-refractivity contribution in [3.05, 3.63) is 21.1 Å². The lowest BCUT2D eigenvalue weighted by Crippen LogP contribution is -2.06. The van der Waals surface area contributed by atoms with Crippen molar-refractivity contribution in [3.63, 3.8) is 0 Å². The van der Waals surface area contributed by atoms with E-state index in [2.05, 4.69) is 30.6 Å². The molecule has 64 valence electrons. The molecule has 0 aliphatic carbocycles. The van der Waals surface area contributed by atoms with E-state index < -0.39 is 5.97 Å². The highest BCUT2D eigenvalue weighted by molar-refractivity contribution is 9.10. The highest BCUT2D eigenvalue weighted by atomic mass is 79.9. The van der Waals surface area contributed by atoms with Crippen molar-refractivity contribution in [2.45, 2.75) is 0 Å². The van der Waals surface area contributed by atoms with Crippen molar-refractivity contribution >= 4 is 34.1 Å². The van der Waals surface area contributed by atoms with Crippen LogP contribution in [0.25, 0.3) is 0 Å². The lowest BCUT2D eigenvalue weighted by atomic mass is 10.4. The average molecular weight is 249 g/mol. The summed E-state index contributed by atoms with van der Waals surface area (Å²) in [4.78, 5) is 17.4. The predicted octanol–water partition coefficient (Wildman–Crippen LogP) is 1.69. The summed E-state index contributed by atoms with van der Waals surface area (Å²) >= 11 is 7.86. The summed E-state index contributed by atoms with van der Waals surface area (Å²) < 4.78 is 5.28. The fourth-order valence-electron chi connectivity index (χ4n) is 0.629. The summed E-state index contributed by atoms with van der Waals surface area (Å²) in [7, 11) is 1.30. The van der Waals surface area contributed by atoms with Crippen LogP contribution in [-0.4, -0.2) is 23.0 Å². The van der Waals surface area contributed by atoms with Crippen LogP contribution >= 0.6 is 28.1 Å². The van der Waals surface area contributed by atoms with Gasteiger partial charge in [-0.3, -0.25) is 0 Å². The smallest absolute Gasteiger partial charge is 0.355 e. The van der Waals surface area contributed by atoms with Crippen molar-refractivity contribution in [3.8, 4) is 0 Å². The minimum absolute atomic E-state index is 0.249. The molecule has 6 heteroatoms. The molecule has 0 spiro atoms. The fourth-order valence-corrected chi connectivity index (χ4v) is 1.15. The number of carbonyl (C=O) groups is 1. The normalized spacial score (nSPS) is 9.50. The topological polar surface area (TPSA) is 55.0 Å². The number of hydrogen-bond acceptors (Lipinski definition) is 4. The number of aromatic nitrogens is 2. The molecule has 1 heterocycles. The molecular formula is C6H5BrN2O2S. The van der Waals surface area contributed by atoms with Crippen LogP contribution in [0.5, 0.6) is 0 Å². The van der Waals surface area contributed by atoms with E-state index in [0.29, 0.717) is 4.47 Å². The van der Waals surface area contributed by atoms with Gasteiger partial charge in [-0.15, -0.1) is 0 Å². The molecule has 0 aliphatic heterocycles. The van der Waals surface area contributed by atoms with E-state index in [1.807, 2.05) is 0 Å². The Morgan fingerprint density at radius 2 is 2.50 bits per heavy atom. The molecule has 0 bridgehead atoms. The molecule has 0 saturated carbocycles. The van der Waals surface area contributed by atoms with Crippen LogP contribution < -0.4 is 0 Å². The third-order valence-electron chi connectivity index (χ3n) is 1.16. The molecule has 0 unspecified atom stereocenters. The molecular weight excluding hydrogens is 244 g/mol. The molecule has 0 aliphatic rings. The fraction of sp³-hybridized carbons (Fsp3) is 0.167. The van der Waals surface area contributed by atoms with Crippen molar-refractivity contribution in [2.75, 3.05) is 7.11 Å². The van der Waals surface area contributed by atoms with Crippen LogP contribution in [0, 0.1) is 4.77 Å². The van der Waals surface area contributed by atoms with E-state index >= 15 is 0 Å². The van der Waals surface area contributed by atoms with Gasteiger partial charge in [0.25, 0.3) is 0 Å². The Bertz CT molecular complexity index is 363. The third-order valence-corrected chi connectivity index (χ3v) is 1.96. The van der Waals surface area contributed by atoms with Crippen molar-refractivity contribution in [2.24, 2.45) is 0 Å². The Morgan fingerprint density at radius 3 is 3.08 bits per heavy atom. The first-order chi connectivity index (χ1) is 5.65. The summed E-state index contributed by atoms with van der Waals surface area (Å²) in [5, 5.41) is 0. The lowest BCUT2D eigenvalue weighted by Gasteiger charge is -2.00. The molecule has 0 fully saturated rings. The molecule has 1 N–H and O–H groups in total. The summed E-state index contributed by atoms with van der Waals surface area (Å²) in [5.74, 6) is -0.477. The van der Waals surface area contributed by atoms with E-state index in [1.54, 1.807) is 0 Å². The largest absolute Gasteiger partial charge is 0.464 e. The van der Waals surface area contributed by atoms with Gasteiger partial charge in [0.05, 0.1) is 11.6 Å². The minimum Gasteiger partial charge on any atom is -0.464 e. The summed E-state index contributed by atoms with van der Waals surface area (Å²) in [6.45, 7) is 0. The molecule has 0 aromatic carbocycles. The van der Waals surface area contributed by atoms with Gasteiger partial charge in [-0.05, 0) is 28.1 Å². The number of carbonyl (C=O) groups excluding carboxylic acids is 1. The molecule has 1 aromatic rings. The zero-order chi connectivity index (χ0) is 9.14. The second-order valence-corrected chi connectivity index (χ2v) is 3.14. The van der Waals surface area contributed by atoms with Crippen LogP contribution in [0.15, 0.2) is 10.7 Å². The number of methoxy groups -OCH3 is 1. The number of esters is 1. The second kappa shape index (κ2) is 3.77. The SMILES string of the molecule is COC(=O)c1[nH]c(=S)ncc1Br. The number of nitrogens with one attached hydrogen (secondary N) is 1. The monoisotopic (exact) mass is 248 g/mol. The van der Waals surface area contributed by atoms with Gasteiger partial charge in [0.2, 0.25) is 0 Å². The summed E-state index contributed by atoms with van der Waals surface area (Å²) in [6, 6.07) is 0. The van der Waals surface area contributed by atoms with Crippen LogP contribution in [0.4, 0.5) is 0 Å². The standard InChI is InChI=1S/C6H5BrN2O2S/c1-11-5(10)4-3(7)2-8-6(12)9-4/h2H,1H3,(H,8,9,12). The molecule has 1 aromatic heterocycles. The van der Waals surface area contributed by atoms with Crippen LogP contribution in [0.2, 0.25) is 0 Å². The zero-order valence-corrected chi connectivity index (χ0v) is 8.53.